The lowest BCUT2D eigenvalue weighted by molar-refractivity contribution is 1.39. The van der Waals surface area contributed by atoms with Gasteiger partial charge in [-0.3, -0.25) is 15.2 Å². The molecular weight excluding hydrogens is 357 g/mol. The van der Waals surface area contributed by atoms with Crippen LogP contribution in [0.2, 0.25) is 10.0 Å². The first-order valence-electron chi connectivity index (χ1n) is 6.27. The van der Waals surface area contributed by atoms with Gasteiger partial charge in [0, 0.05) is 15.7 Å². The van der Waals surface area contributed by atoms with E-state index < -0.39 is 0 Å². The summed E-state index contributed by atoms with van der Waals surface area (Å²) in [6.07, 6.45) is 0. The van der Waals surface area contributed by atoms with Crippen LogP contribution in [0.3, 0.4) is 0 Å². The molecule has 0 spiro atoms. The van der Waals surface area contributed by atoms with Crippen molar-refractivity contribution in [2.75, 3.05) is 9.80 Å². The molecule has 0 radical (unpaired) electrons. The van der Waals surface area contributed by atoms with Crippen LogP contribution in [0.5, 0.6) is 0 Å². The Balaban J connectivity index is 2.02. The standard InChI is InChI=1S/C15H9Cl2N3S2/c16-9-4-6-11(7-5-9)20-14(21)13(18)19(15(20)22)12-3-1-2-10(17)8-12/h1-8,18H. The van der Waals surface area contributed by atoms with Crippen LogP contribution in [-0.2, 0) is 0 Å². The lowest BCUT2D eigenvalue weighted by Crippen LogP contribution is -2.32. The average molecular weight is 366 g/mol. The Morgan fingerprint density at radius 2 is 1.50 bits per heavy atom. The van der Waals surface area contributed by atoms with Crippen molar-refractivity contribution in [2.24, 2.45) is 0 Å². The quantitative estimate of drug-likeness (QED) is 0.765. The second kappa shape index (κ2) is 5.93. The van der Waals surface area contributed by atoms with E-state index in [-0.39, 0.29) is 5.84 Å². The molecule has 2 aromatic rings. The second-order valence-corrected chi connectivity index (χ2v) is 6.19. The molecule has 2 aromatic carbocycles. The van der Waals surface area contributed by atoms with Gasteiger partial charge < -0.3 is 0 Å². The highest BCUT2D eigenvalue weighted by Crippen LogP contribution is 2.30. The average Bonchev–Trinajstić information content (AvgIpc) is 2.71. The monoisotopic (exact) mass is 365 g/mol. The normalized spacial score (nSPS) is 14.9. The first-order valence-corrected chi connectivity index (χ1v) is 7.84. The number of hydrogen-bond donors (Lipinski definition) is 1. The third kappa shape index (κ3) is 2.61. The van der Waals surface area contributed by atoms with Gasteiger partial charge in [-0.1, -0.05) is 41.5 Å². The van der Waals surface area contributed by atoms with Crippen LogP contribution in [0.15, 0.2) is 48.5 Å². The summed E-state index contributed by atoms with van der Waals surface area (Å²) in [5.41, 5.74) is 1.48. The van der Waals surface area contributed by atoms with E-state index in [4.69, 9.17) is 53.0 Å². The molecule has 1 saturated heterocycles. The van der Waals surface area contributed by atoms with Crippen LogP contribution in [0.25, 0.3) is 0 Å². The highest BCUT2D eigenvalue weighted by atomic mass is 35.5. The zero-order valence-electron chi connectivity index (χ0n) is 11.1. The Hall–Kier alpha value is -1.53. The third-order valence-corrected chi connectivity index (χ3v) is 4.39. The lowest BCUT2D eigenvalue weighted by Gasteiger charge is -2.20. The minimum atomic E-state index is 0.150. The van der Waals surface area contributed by atoms with Gasteiger partial charge in [0.2, 0.25) is 0 Å². The topological polar surface area (TPSA) is 30.3 Å². The number of anilines is 2. The summed E-state index contributed by atoms with van der Waals surface area (Å²) >= 11 is 22.8. The number of nitrogens with one attached hydrogen (secondary N) is 1. The smallest absolute Gasteiger partial charge is 0.192 e. The molecule has 1 fully saturated rings. The Labute approximate surface area is 148 Å². The van der Waals surface area contributed by atoms with Gasteiger partial charge in [-0.2, -0.15) is 0 Å². The van der Waals surface area contributed by atoms with E-state index in [9.17, 15) is 0 Å². The van der Waals surface area contributed by atoms with E-state index in [1.807, 2.05) is 24.3 Å². The van der Waals surface area contributed by atoms with Crippen LogP contribution < -0.4 is 9.80 Å². The van der Waals surface area contributed by atoms with Crippen LogP contribution in [0, 0.1) is 5.41 Å². The molecule has 1 heterocycles. The SMILES string of the molecule is N=C1C(=S)N(c2ccc(Cl)cc2)C(=S)N1c1cccc(Cl)c1. The fourth-order valence-corrected chi connectivity index (χ4v) is 3.20. The fourth-order valence-electron chi connectivity index (χ4n) is 2.16. The van der Waals surface area contributed by atoms with Crippen LogP contribution in [0.1, 0.15) is 0 Å². The van der Waals surface area contributed by atoms with E-state index >= 15 is 0 Å². The van der Waals surface area contributed by atoms with E-state index in [2.05, 4.69) is 0 Å². The van der Waals surface area contributed by atoms with Crippen molar-refractivity contribution in [3.05, 3.63) is 58.6 Å². The molecule has 0 atom stereocenters. The zero-order valence-corrected chi connectivity index (χ0v) is 14.2. The van der Waals surface area contributed by atoms with E-state index in [1.165, 1.54) is 0 Å². The molecule has 22 heavy (non-hydrogen) atoms. The molecule has 0 amide bonds. The van der Waals surface area contributed by atoms with Gasteiger partial charge in [-0.25, -0.2) is 0 Å². The highest BCUT2D eigenvalue weighted by Gasteiger charge is 2.37. The van der Waals surface area contributed by atoms with E-state index in [0.29, 0.717) is 25.8 Å². The molecule has 0 aliphatic carbocycles. The van der Waals surface area contributed by atoms with Crippen molar-refractivity contribution in [3.8, 4) is 0 Å². The van der Waals surface area contributed by atoms with Gasteiger partial charge in [0.25, 0.3) is 0 Å². The molecule has 0 unspecified atom stereocenters. The molecule has 7 heteroatoms. The van der Waals surface area contributed by atoms with Gasteiger partial charge >= 0.3 is 0 Å². The van der Waals surface area contributed by atoms with Crippen molar-refractivity contribution in [3.63, 3.8) is 0 Å². The summed E-state index contributed by atoms with van der Waals surface area (Å²) < 4.78 is 0. The molecule has 110 valence electrons. The largest absolute Gasteiger partial charge is 0.281 e. The Morgan fingerprint density at radius 3 is 2.14 bits per heavy atom. The number of nitrogens with zero attached hydrogens (tertiary/aromatic N) is 2. The van der Waals surface area contributed by atoms with Gasteiger partial charge in [0.15, 0.2) is 15.9 Å². The van der Waals surface area contributed by atoms with E-state index in [1.54, 1.807) is 34.1 Å². The van der Waals surface area contributed by atoms with Gasteiger partial charge in [0.05, 0.1) is 5.69 Å². The van der Waals surface area contributed by atoms with Crippen molar-refractivity contribution >= 4 is 74.9 Å². The van der Waals surface area contributed by atoms with Crippen molar-refractivity contribution < 1.29 is 0 Å². The summed E-state index contributed by atoms with van der Waals surface area (Å²) in [6, 6.07) is 14.3. The first kappa shape index (κ1) is 15.4. The minimum absolute atomic E-state index is 0.150. The van der Waals surface area contributed by atoms with Crippen LogP contribution in [-0.4, -0.2) is 15.9 Å². The number of thiocarbonyl (C=S) groups is 2. The predicted molar refractivity (Wildman–Crippen MR) is 101 cm³/mol. The highest BCUT2D eigenvalue weighted by molar-refractivity contribution is 7.84. The molecule has 1 N–H and O–H groups in total. The third-order valence-electron chi connectivity index (χ3n) is 3.16. The second-order valence-electron chi connectivity index (χ2n) is 4.56. The Kier molecular flexibility index (Phi) is 4.14. The van der Waals surface area contributed by atoms with Gasteiger partial charge in [-0.05, 0) is 54.7 Å². The van der Waals surface area contributed by atoms with Gasteiger partial charge in [-0.15, -0.1) is 0 Å². The minimum Gasteiger partial charge on any atom is -0.281 e. The lowest BCUT2D eigenvalue weighted by atomic mass is 10.3. The maximum Gasteiger partial charge on any atom is 0.192 e. The van der Waals surface area contributed by atoms with Crippen molar-refractivity contribution in [1.82, 2.24) is 0 Å². The molecule has 0 saturated carbocycles. The Bertz CT molecular complexity index is 790. The first-order chi connectivity index (χ1) is 10.5. The summed E-state index contributed by atoms with van der Waals surface area (Å²) in [5.74, 6) is 0.150. The molecular formula is C15H9Cl2N3S2. The van der Waals surface area contributed by atoms with Crippen LogP contribution >= 0.6 is 47.6 Å². The molecule has 3 nitrogen and oxygen atoms in total. The summed E-state index contributed by atoms with van der Waals surface area (Å²) in [7, 11) is 0. The number of amidine groups is 1. The zero-order chi connectivity index (χ0) is 15.9. The summed E-state index contributed by atoms with van der Waals surface area (Å²) in [6.45, 7) is 0. The van der Waals surface area contributed by atoms with Gasteiger partial charge in [0.1, 0.15) is 0 Å². The molecule has 0 bridgehead atoms. The number of benzene rings is 2. The molecule has 3 rings (SSSR count). The fraction of sp³-hybridized carbons (Fsp3) is 0. The number of hydrogen-bond acceptors (Lipinski definition) is 3. The maximum atomic E-state index is 8.26. The summed E-state index contributed by atoms with van der Waals surface area (Å²) in [4.78, 5) is 3.61. The van der Waals surface area contributed by atoms with E-state index in [0.717, 1.165) is 5.69 Å². The van der Waals surface area contributed by atoms with Crippen molar-refractivity contribution in [1.29, 1.82) is 5.41 Å². The number of halogens is 2. The predicted octanol–water partition coefficient (Wildman–Crippen LogP) is 4.91. The maximum absolute atomic E-state index is 8.26. The molecule has 1 aliphatic heterocycles. The Morgan fingerprint density at radius 1 is 0.818 bits per heavy atom. The molecule has 1 aliphatic rings. The molecule has 0 aromatic heterocycles. The number of rotatable bonds is 2. The summed E-state index contributed by atoms with van der Waals surface area (Å²) in [5, 5.41) is 9.87. The van der Waals surface area contributed by atoms with Crippen LogP contribution in [0.4, 0.5) is 11.4 Å². The van der Waals surface area contributed by atoms with Crippen molar-refractivity contribution in [2.45, 2.75) is 0 Å².